The van der Waals surface area contributed by atoms with Gasteiger partial charge in [0.2, 0.25) is 0 Å². The third-order valence-electron chi connectivity index (χ3n) is 11.6. The first-order valence-electron chi connectivity index (χ1n) is 19.0. The summed E-state index contributed by atoms with van der Waals surface area (Å²) in [5.74, 6) is -7.46. The monoisotopic (exact) mass is 834 g/mol. The Labute approximate surface area is 345 Å². The average Bonchev–Trinajstić information content (AvgIpc) is 3.21. The number of hydrogen-bond acceptors (Lipinski definition) is 16. The first-order chi connectivity index (χ1) is 29.1. The molecular formula is C45H38O16. The Hall–Kier alpha value is -7.40. The molecule has 0 spiro atoms. The van der Waals surface area contributed by atoms with Crippen molar-refractivity contribution in [1.82, 2.24) is 0 Å². The van der Waals surface area contributed by atoms with Gasteiger partial charge in [0.1, 0.15) is 58.6 Å². The molecule has 0 bridgehead atoms. The lowest BCUT2D eigenvalue weighted by atomic mass is 9.72. The van der Waals surface area contributed by atoms with Crippen molar-refractivity contribution < 1.29 is 80.6 Å². The standard InChI is InChI=1S/C45H38O16/c46-20-4-6-22(28(51)14-20)34-36-43-24(16-33(56)40(59-43)17-1-8-25(48)30(53)11-17)44-37(45(36)61-42(39(34)58)19-3-10-27(50)32(55)13-19)35(23-7-5-21(47)15-29(23)52)38(57)41(60-44)18-2-9-26(49)31(54)12-18/h1-15,33-35,38-42,46-58H,16H2/t33-,34+,35+,38+,39+,40-,41-,42-/m1/s1. The molecule has 0 aliphatic carbocycles. The molecule has 16 nitrogen and oxygen atoms in total. The van der Waals surface area contributed by atoms with Crippen molar-refractivity contribution in [3.63, 3.8) is 0 Å². The van der Waals surface area contributed by atoms with Gasteiger partial charge >= 0.3 is 0 Å². The van der Waals surface area contributed by atoms with Crippen LogP contribution in [0, 0.1) is 0 Å². The summed E-state index contributed by atoms with van der Waals surface area (Å²) >= 11 is 0. The summed E-state index contributed by atoms with van der Waals surface area (Å²) in [7, 11) is 0. The van der Waals surface area contributed by atoms with Gasteiger partial charge in [-0.05, 0) is 65.2 Å². The van der Waals surface area contributed by atoms with Crippen LogP contribution in [0.25, 0.3) is 0 Å². The van der Waals surface area contributed by atoms with Gasteiger partial charge in [-0.1, -0.05) is 30.3 Å². The van der Waals surface area contributed by atoms with Crippen LogP contribution in [0.2, 0.25) is 0 Å². The van der Waals surface area contributed by atoms with E-state index in [9.17, 15) is 66.4 Å². The lowest BCUT2D eigenvalue weighted by molar-refractivity contribution is -0.0171. The Balaban J connectivity index is 1.39. The van der Waals surface area contributed by atoms with Crippen molar-refractivity contribution in [2.24, 2.45) is 0 Å². The summed E-state index contributed by atoms with van der Waals surface area (Å²) in [6.07, 6.45) is -9.06. The number of phenolic OH excluding ortho intramolecular Hbond substituents is 10. The predicted molar refractivity (Wildman–Crippen MR) is 211 cm³/mol. The largest absolute Gasteiger partial charge is 0.508 e. The number of aliphatic hydroxyl groups excluding tert-OH is 3. The molecule has 6 aromatic carbocycles. The van der Waals surface area contributed by atoms with Crippen molar-refractivity contribution >= 4 is 0 Å². The lowest BCUT2D eigenvalue weighted by Crippen LogP contribution is -2.41. The Bertz CT molecular complexity index is 2650. The first-order valence-corrected chi connectivity index (χ1v) is 19.0. The van der Waals surface area contributed by atoms with E-state index in [0.717, 1.165) is 18.2 Å². The van der Waals surface area contributed by atoms with Crippen molar-refractivity contribution in [1.29, 1.82) is 0 Å². The molecule has 0 amide bonds. The fourth-order valence-corrected chi connectivity index (χ4v) is 8.77. The number of rotatable bonds is 5. The van der Waals surface area contributed by atoms with E-state index in [2.05, 4.69) is 0 Å². The molecule has 3 heterocycles. The van der Waals surface area contributed by atoms with E-state index in [1.165, 1.54) is 72.8 Å². The molecule has 314 valence electrons. The minimum atomic E-state index is -1.66. The van der Waals surface area contributed by atoms with Gasteiger partial charge in [-0.2, -0.15) is 0 Å². The van der Waals surface area contributed by atoms with Crippen LogP contribution in [-0.4, -0.2) is 84.7 Å². The quantitative estimate of drug-likeness (QED) is 0.101. The van der Waals surface area contributed by atoms with Gasteiger partial charge in [-0.15, -0.1) is 0 Å². The van der Waals surface area contributed by atoms with Gasteiger partial charge < -0.3 is 80.6 Å². The zero-order valence-electron chi connectivity index (χ0n) is 31.5. The molecule has 6 aromatic rings. The van der Waals surface area contributed by atoms with E-state index in [1.807, 2.05) is 0 Å². The van der Waals surface area contributed by atoms with E-state index >= 15 is 0 Å². The summed E-state index contributed by atoms with van der Waals surface area (Å²) in [6.45, 7) is 0. The van der Waals surface area contributed by atoms with Crippen molar-refractivity contribution in [2.75, 3.05) is 0 Å². The van der Waals surface area contributed by atoms with Crippen LogP contribution < -0.4 is 14.2 Å². The second kappa shape index (κ2) is 14.4. The molecule has 0 unspecified atom stereocenters. The summed E-state index contributed by atoms with van der Waals surface area (Å²) in [6, 6.07) is 18.7. The van der Waals surface area contributed by atoms with Crippen molar-refractivity contribution in [3.05, 3.63) is 136 Å². The summed E-state index contributed by atoms with van der Waals surface area (Å²) in [5, 5.41) is 143. The smallest absolute Gasteiger partial charge is 0.157 e. The highest BCUT2D eigenvalue weighted by atomic mass is 16.5. The SMILES string of the molecule is Oc1ccc([C@H]2c3c(c4c(c5c3O[C@H](c3ccc(O)c(O)c3)[C@@H](O)[C@H]5c3ccc(O)cc3O)O[C@H](c3ccc(O)c(O)c3)[C@H](O)C4)O[C@H](c3ccc(O)c(O)c3)[C@H]2O)c(O)c1. The predicted octanol–water partition coefficient (Wildman–Crippen LogP) is 5.03. The maximum absolute atomic E-state index is 12.5. The molecule has 0 saturated carbocycles. The van der Waals surface area contributed by atoms with Crippen molar-refractivity contribution in [2.45, 2.75) is 54.9 Å². The zero-order chi connectivity index (χ0) is 43.2. The molecule has 8 atom stereocenters. The van der Waals surface area contributed by atoms with Crippen LogP contribution in [-0.2, 0) is 6.42 Å². The van der Waals surface area contributed by atoms with Gasteiger partial charge in [-0.25, -0.2) is 0 Å². The fourth-order valence-electron chi connectivity index (χ4n) is 8.77. The highest BCUT2D eigenvalue weighted by Crippen LogP contribution is 2.63. The molecule has 16 heteroatoms. The number of fused-ring (bicyclic) bond motifs is 6. The number of aromatic hydroxyl groups is 10. The van der Waals surface area contributed by atoms with Gasteiger partial charge in [0.15, 0.2) is 46.7 Å². The van der Waals surface area contributed by atoms with Gasteiger partial charge in [0, 0.05) is 58.2 Å². The number of ether oxygens (including phenoxy) is 3. The molecule has 0 fully saturated rings. The Morgan fingerprint density at radius 1 is 0.377 bits per heavy atom. The number of phenols is 10. The third kappa shape index (κ3) is 6.35. The maximum Gasteiger partial charge on any atom is 0.157 e. The second-order valence-corrected chi connectivity index (χ2v) is 15.3. The zero-order valence-corrected chi connectivity index (χ0v) is 31.5. The van der Waals surface area contributed by atoms with Crippen LogP contribution in [0.3, 0.4) is 0 Å². The number of aliphatic hydroxyl groups is 3. The van der Waals surface area contributed by atoms with E-state index in [0.29, 0.717) is 0 Å². The molecule has 0 radical (unpaired) electrons. The normalized spacial score (nSPS) is 24.0. The van der Waals surface area contributed by atoms with Crippen LogP contribution in [0.15, 0.2) is 91.0 Å². The molecular weight excluding hydrogens is 796 g/mol. The van der Waals surface area contributed by atoms with Crippen LogP contribution in [0.1, 0.15) is 74.7 Å². The topological polar surface area (TPSA) is 291 Å². The van der Waals surface area contributed by atoms with Crippen LogP contribution >= 0.6 is 0 Å². The second-order valence-electron chi connectivity index (χ2n) is 15.3. The van der Waals surface area contributed by atoms with E-state index in [-0.39, 0.29) is 79.7 Å². The van der Waals surface area contributed by atoms with Crippen LogP contribution in [0.5, 0.6) is 74.7 Å². The molecule has 9 rings (SSSR count). The van der Waals surface area contributed by atoms with Gasteiger partial charge in [0.05, 0.1) is 6.10 Å². The Morgan fingerprint density at radius 3 is 1.15 bits per heavy atom. The molecule has 61 heavy (non-hydrogen) atoms. The maximum atomic E-state index is 12.5. The third-order valence-corrected chi connectivity index (χ3v) is 11.6. The first kappa shape index (κ1) is 39.1. The summed E-state index contributed by atoms with van der Waals surface area (Å²) in [4.78, 5) is 0. The van der Waals surface area contributed by atoms with Gasteiger partial charge in [0.25, 0.3) is 0 Å². The molecule has 13 N–H and O–H groups in total. The fraction of sp³-hybridized carbons (Fsp3) is 0.200. The van der Waals surface area contributed by atoms with E-state index in [1.54, 1.807) is 0 Å². The summed E-state index contributed by atoms with van der Waals surface area (Å²) in [5.41, 5.74) is 0.842. The van der Waals surface area contributed by atoms with Crippen LogP contribution in [0.4, 0.5) is 0 Å². The molecule has 0 aromatic heterocycles. The Kier molecular flexibility index (Phi) is 9.23. The van der Waals surface area contributed by atoms with Crippen molar-refractivity contribution in [3.8, 4) is 74.7 Å². The highest BCUT2D eigenvalue weighted by Gasteiger charge is 2.52. The average molecular weight is 835 g/mol. The lowest BCUT2D eigenvalue weighted by Gasteiger charge is -2.46. The highest BCUT2D eigenvalue weighted by molar-refractivity contribution is 5.72. The van der Waals surface area contributed by atoms with Gasteiger partial charge in [-0.3, -0.25) is 0 Å². The minimum absolute atomic E-state index is 0.0392. The van der Waals surface area contributed by atoms with E-state index < -0.39 is 94.5 Å². The van der Waals surface area contributed by atoms with E-state index in [4.69, 9.17) is 14.2 Å². The number of benzene rings is 6. The summed E-state index contributed by atoms with van der Waals surface area (Å²) < 4.78 is 20.1. The molecule has 0 saturated heterocycles. The number of hydrogen-bond donors (Lipinski definition) is 13. The Morgan fingerprint density at radius 2 is 0.754 bits per heavy atom. The molecule has 3 aliphatic heterocycles. The minimum Gasteiger partial charge on any atom is -0.508 e. The molecule has 3 aliphatic rings.